The number of amides is 3. The molecule has 0 aromatic heterocycles. The second kappa shape index (κ2) is 4.79. The van der Waals surface area contributed by atoms with Gasteiger partial charge in [0.1, 0.15) is 6.04 Å². The van der Waals surface area contributed by atoms with E-state index in [2.05, 4.69) is 5.32 Å². The third-order valence-electron chi connectivity index (χ3n) is 3.85. The van der Waals surface area contributed by atoms with Crippen LogP contribution in [-0.2, 0) is 16.1 Å². The highest BCUT2D eigenvalue weighted by Crippen LogP contribution is 2.38. The van der Waals surface area contributed by atoms with Gasteiger partial charge in [-0.25, -0.2) is 0 Å². The molecule has 2 aliphatic heterocycles. The number of benzene rings is 1. The minimum Gasteiger partial charge on any atom is -0.502 e. The average Bonchev–Trinajstić information content (AvgIpc) is 2.75. The van der Waals surface area contributed by atoms with Crippen molar-refractivity contribution in [1.29, 1.82) is 0 Å². The predicted molar refractivity (Wildman–Crippen MR) is 70.8 cm³/mol. The number of phenols is 1. The Balaban J connectivity index is 1.98. The first-order valence-electron chi connectivity index (χ1n) is 6.54. The van der Waals surface area contributed by atoms with Gasteiger partial charge in [0.25, 0.3) is 5.91 Å². The number of hydrogen-bond acceptors (Lipinski definition) is 6. The zero-order chi connectivity index (χ0) is 16.0. The van der Waals surface area contributed by atoms with Crippen molar-refractivity contribution >= 4 is 23.4 Å². The Kier molecular flexibility index (Phi) is 3.05. The van der Waals surface area contributed by atoms with Crippen LogP contribution in [0.25, 0.3) is 0 Å². The topological polar surface area (TPSA) is 130 Å². The van der Waals surface area contributed by atoms with Crippen molar-refractivity contribution < 1.29 is 24.4 Å². The minimum atomic E-state index is -0.848. The number of hydrogen-bond donors (Lipinski definition) is 2. The zero-order valence-corrected chi connectivity index (χ0v) is 11.2. The number of rotatable bonds is 2. The maximum Gasteiger partial charge on any atom is 0.316 e. The second-order valence-corrected chi connectivity index (χ2v) is 5.12. The molecular weight excluding hydrogens is 294 g/mol. The van der Waals surface area contributed by atoms with Gasteiger partial charge < -0.3 is 10.0 Å². The lowest BCUT2D eigenvalue weighted by Crippen LogP contribution is -2.52. The number of nitro groups is 1. The van der Waals surface area contributed by atoms with Crippen LogP contribution in [0.2, 0.25) is 0 Å². The van der Waals surface area contributed by atoms with Crippen molar-refractivity contribution in [1.82, 2.24) is 10.2 Å². The zero-order valence-electron chi connectivity index (χ0n) is 11.2. The molecule has 1 aromatic rings. The normalized spacial score (nSPS) is 20.8. The second-order valence-electron chi connectivity index (χ2n) is 5.12. The molecule has 9 heteroatoms. The van der Waals surface area contributed by atoms with Crippen LogP contribution < -0.4 is 5.32 Å². The molecule has 1 unspecified atom stereocenters. The number of nitrogens with one attached hydrogen (secondary N) is 1. The Morgan fingerprint density at radius 1 is 1.32 bits per heavy atom. The fourth-order valence-corrected chi connectivity index (χ4v) is 2.82. The van der Waals surface area contributed by atoms with E-state index in [1.165, 1.54) is 11.0 Å². The Hall–Kier alpha value is -2.97. The molecule has 1 atom stereocenters. The van der Waals surface area contributed by atoms with E-state index in [0.717, 1.165) is 6.07 Å². The van der Waals surface area contributed by atoms with Crippen LogP contribution in [0, 0.1) is 10.1 Å². The van der Waals surface area contributed by atoms with Crippen LogP contribution in [0.15, 0.2) is 12.1 Å². The molecule has 3 amide bonds. The van der Waals surface area contributed by atoms with Crippen LogP contribution in [0.4, 0.5) is 5.69 Å². The Bertz CT molecular complexity index is 729. The largest absolute Gasteiger partial charge is 0.502 e. The number of imide groups is 1. The van der Waals surface area contributed by atoms with Gasteiger partial charge in [0, 0.05) is 6.42 Å². The van der Waals surface area contributed by atoms with Crippen molar-refractivity contribution in [2.24, 2.45) is 0 Å². The fraction of sp³-hybridized carbons (Fsp3) is 0.308. The first-order chi connectivity index (χ1) is 10.4. The number of phenolic OH excluding ortho intramolecular Hbond substituents is 1. The molecule has 0 bridgehead atoms. The summed E-state index contributed by atoms with van der Waals surface area (Å²) in [6.07, 6.45) is 0.272. The van der Waals surface area contributed by atoms with Crippen LogP contribution in [-0.4, -0.2) is 38.7 Å². The predicted octanol–water partition coefficient (Wildman–Crippen LogP) is 0.0614. The highest BCUT2D eigenvalue weighted by atomic mass is 16.6. The van der Waals surface area contributed by atoms with Crippen molar-refractivity contribution in [2.45, 2.75) is 25.4 Å². The molecular formula is C13H11N3O6. The number of carbonyl (C=O) groups excluding carboxylic acids is 3. The van der Waals surface area contributed by atoms with Crippen molar-refractivity contribution in [3.8, 4) is 5.75 Å². The number of aromatic hydroxyl groups is 1. The van der Waals surface area contributed by atoms with E-state index in [9.17, 15) is 29.6 Å². The van der Waals surface area contributed by atoms with Crippen molar-refractivity contribution in [3.05, 3.63) is 33.4 Å². The van der Waals surface area contributed by atoms with Crippen molar-refractivity contribution in [3.63, 3.8) is 0 Å². The summed E-state index contributed by atoms with van der Waals surface area (Å²) in [7, 11) is 0. The molecule has 1 fully saturated rings. The number of piperidine rings is 1. The van der Waals surface area contributed by atoms with Crippen LogP contribution >= 0.6 is 0 Å². The summed E-state index contributed by atoms with van der Waals surface area (Å²) in [6.45, 7) is -0.148. The van der Waals surface area contributed by atoms with E-state index >= 15 is 0 Å². The molecule has 22 heavy (non-hydrogen) atoms. The maximum absolute atomic E-state index is 12.4. The van der Waals surface area contributed by atoms with Gasteiger partial charge in [-0.1, -0.05) is 0 Å². The highest BCUT2D eigenvalue weighted by molar-refractivity contribution is 6.06. The molecule has 0 saturated carbocycles. The molecule has 3 rings (SSSR count). The minimum absolute atomic E-state index is 0.0831. The third-order valence-corrected chi connectivity index (χ3v) is 3.85. The monoisotopic (exact) mass is 305 g/mol. The smallest absolute Gasteiger partial charge is 0.316 e. The van der Waals surface area contributed by atoms with Crippen molar-refractivity contribution in [2.75, 3.05) is 0 Å². The molecule has 0 aliphatic carbocycles. The summed E-state index contributed by atoms with van der Waals surface area (Å²) in [5, 5.41) is 22.8. The molecule has 0 radical (unpaired) electrons. The van der Waals surface area contributed by atoms with Crippen LogP contribution in [0.3, 0.4) is 0 Å². The van der Waals surface area contributed by atoms with E-state index in [0.29, 0.717) is 0 Å². The Morgan fingerprint density at radius 3 is 2.68 bits per heavy atom. The first kappa shape index (κ1) is 14.0. The van der Waals surface area contributed by atoms with E-state index in [-0.39, 0.29) is 30.5 Å². The average molecular weight is 305 g/mol. The van der Waals surface area contributed by atoms with Gasteiger partial charge in [0.15, 0.2) is 5.75 Å². The van der Waals surface area contributed by atoms with Gasteiger partial charge in [0.05, 0.1) is 22.6 Å². The first-order valence-corrected chi connectivity index (χ1v) is 6.54. The number of carbonyl (C=O) groups is 3. The van der Waals surface area contributed by atoms with Crippen LogP contribution in [0.5, 0.6) is 5.75 Å². The van der Waals surface area contributed by atoms with Gasteiger partial charge in [-0.2, -0.15) is 0 Å². The molecule has 2 N–H and O–H groups in total. The number of nitro benzene ring substituents is 1. The Labute approximate surface area is 123 Å². The maximum atomic E-state index is 12.4. The molecule has 1 saturated heterocycles. The van der Waals surface area contributed by atoms with Gasteiger partial charge in [0.2, 0.25) is 11.8 Å². The summed E-state index contributed by atoms with van der Waals surface area (Å²) in [4.78, 5) is 46.9. The summed E-state index contributed by atoms with van der Waals surface area (Å²) in [5.41, 5.74) is -0.352. The van der Waals surface area contributed by atoms with Gasteiger partial charge in [-0.15, -0.1) is 0 Å². The lowest BCUT2D eigenvalue weighted by Gasteiger charge is -2.29. The quantitative estimate of drug-likeness (QED) is 0.451. The van der Waals surface area contributed by atoms with Gasteiger partial charge in [-0.05, 0) is 18.6 Å². The van der Waals surface area contributed by atoms with Gasteiger partial charge >= 0.3 is 5.69 Å². The molecule has 114 valence electrons. The summed E-state index contributed by atoms with van der Waals surface area (Å²) in [5.74, 6) is -2.05. The highest BCUT2D eigenvalue weighted by Gasteiger charge is 2.42. The number of nitrogens with zero attached hydrogens (tertiary/aromatic N) is 2. The molecule has 2 aliphatic rings. The molecule has 2 heterocycles. The lowest BCUT2D eigenvalue weighted by atomic mass is 10.0. The van der Waals surface area contributed by atoms with Crippen LogP contribution in [0.1, 0.15) is 28.8 Å². The lowest BCUT2D eigenvalue weighted by molar-refractivity contribution is -0.386. The van der Waals surface area contributed by atoms with E-state index < -0.39 is 40.1 Å². The third kappa shape index (κ3) is 1.98. The fourth-order valence-electron chi connectivity index (χ4n) is 2.82. The van der Waals surface area contributed by atoms with E-state index in [1.54, 1.807) is 0 Å². The van der Waals surface area contributed by atoms with Gasteiger partial charge in [-0.3, -0.25) is 29.8 Å². The van der Waals surface area contributed by atoms with E-state index in [4.69, 9.17) is 0 Å². The SMILES string of the molecule is O=C1CCC(N2Cc3c(ccc(O)c3[N+](=O)[O-])C2=O)C(=O)N1. The Morgan fingerprint density at radius 2 is 2.05 bits per heavy atom. The summed E-state index contributed by atoms with van der Waals surface area (Å²) < 4.78 is 0. The number of fused-ring (bicyclic) bond motifs is 1. The summed E-state index contributed by atoms with van der Waals surface area (Å²) >= 11 is 0. The summed E-state index contributed by atoms with van der Waals surface area (Å²) in [6, 6.07) is 1.54. The molecule has 1 aromatic carbocycles. The molecule has 9 nitrogen and oxygen atoms in total. The standard InChI is InChI=1S/C13H11N3O6/c17-9-3-1-6-7(11(9)16(21)22)5-15(13(6)20)8-2-4-10(18)14-12(8)19/h1,3,8,17H,2,4-5H2,(H,14,18,19). The molecule has 0 spiro atoms. The van der Waals surface area contributed by atoms with E-state index in [1.807, 2.05) is 0 Å².